The summed E-state index contributed by atoms with van der Waals surface area (Å²) >= 11 is 0. The van der Waals surface area contributed by atoms with E-state index >= 15 is 0 Å². The van der Waals surface area contributed by atoms with Gasteiger partial charge in [0.15, 0.2) is 0 Å². The van der Waals surface area contributed by atoms with Crippen LogP contribution in [0, 0.1) is 5.82 Å². The number of carbonyl (C=O) groups excluding carboxylic acids is 2. The third kappa shape index (κ3) is 4.88. The Morgan fingerprint density at radius 1 is 1.09 bits per heavy atom. The topological polar surface area (TPSA) is 62.2 Å². The number of rotatable bonds is 6. The summed E-state index contributed by atoms with van der Waals surface area (Å²) in [6.07, 6.45) is 3.10. The second-order valence-electron chi connectivity index (χ2n) is 8.16. The molecule has 0 spiro atoms. The summed E-state index contributed by atoms with van der Waals surface area (Å²) < 4.78 is 18.7. The molecule has 2 aliphatic rings. The molecule has 1 amide bonds. The molecule has 0 N–H and O–H groups in total. The van der Waals surface area contributed by atoms with Gasteiger partial charge >= 0.3 is 5.97 Å². The highest BCUT2D eigenvalue weighted by atomic mass is 19.1. The van der Waals surface area contributed by atoms with E-state index in [2.05, 4.69) is 5.10 Å². The molecular weight excluding hydrogens is 409 g/mol. The number of ether oxygens (including phenoxy) is 1. The maximum Gasteiger partial charge on any atom is 0.323 e. The van der Waals surface area contributed by atoms with Gasteiger partial charge in [-0.2, -0.15) is 5.10 Å². The Hall–Kier alpha value is -3.06. The minimum Gasteiger partial charge on any atom is -0.465 e. The maximum absolute atomic E-state index is 13.5. The summed E-state index contributed by atoms with van der Waals surface area (Å²) in [5.41, 5.74) is 2.60. The van der Waals surface area contributed by atoms with E-state index in [0.29, 0.717) is 26.0 Å². The first-order chi connectivity index (χ1) is 15.6. The van der Waals surface area contributed by atoms with Gasteiger partial charge in [0, 0.05) is 6.42 Å². The van der Waals surface area contributed by atoms with Crippen molar-refractivity contribution in [1.82, 2.24) is 9.91 Å². The molecular formula is C25H28FN3O3. The Morgan fingerprint density at radius 2 is 1.84 bits per heavy atom. The van der Waals surface area contributed by atoms with Crippen LogP contribution in [0.1, 0.15) is 49.8 Å². The highest BCUT2D eigenvalue weighted by molar-refractivity contribution is 6.03. The molecule has 2 aromatic carbocycles. The smallest absolute Gasteiger partial charge is 0.323 e. The molecule has 1 fully saturated rings. The zero-order chi connectivity index (χ0) is 22.5. The lowest BCUT2D eigenvalue weighted by Gasteiger charge is -2.34. The van der Waals surface area contributed by atoms with Gasteiger partial charge in [0.1, 0.15) is 11.9 Å². The quantitative estimate of drug-likeness (QED) is 0.643. The highest BCUT2D eigenvalue weighted by Crippen LogP contribution is 2.33. The zero-order valence-electron chi connectivity index (χ0n) is 18.2. The van der Waals surface area contributed by atoms with Crippen LogP contribution >= 0.6 is 0 Å². The average molecular weight is 438 g/mol. The first-order valence-electron chi connectivity index (χ1n) is 11.2. The predicted molar refractivity (Wildman–Crippen MR) is 119 cm³/mol. The Balaban J connectivity index is 1.58. The lowest BCUT2D eigenvalue weighted by atomic mass is 9.98. The molecule has 0 radical (unpaired) electrons. The van der Waals surface area contributed by atoms with Crippen LogP contribution in [0.5, 0.6) is 0 Å². The molecule has 168 valence electrons. The first-order valence-corrected chi connectivity index (χ1v) is 11.2. The second-order valence-corrected chi connectivity index (χ2v) is 8.16. The number of esters is 1. The zero-order valence-corrected chi connectivity index (χ0v) is 18.2. The number of nitrogens with zero attached hydrogens (tertiary/aromatic N) is 3. The van der Waals surface area contributed by atoms with Gasteiger partial charge in [0.05, 0.1) is 24.9 Å². The van der Waals surface area contributed by atoms with Crippen LogP contribution in [0.4, 0.5) is 4.39 Å². The van der Waals surface area contributed by atoms with Crippen molar-refractivity contribution < 1.29 is 18.7 Å². The molecule has 1 saturated heterocycles. The van der Waals surface area contributed by atoms with Gasteiger partial charge < -0.3 is 4.74 Å². The van der Waals surface area contributed by atoms with Gasteiger partial charge in [-0.15, -0.1) is 0 Å². The van der Waals surface area contributed by atoms with Crippen molar-refractivity contribution in [3.8, 4) is 0 Å². The normalized spacial score (nSPS) is 21.3. The number of benzene rings is 2. The number of piperidine rings is 1. The molecule has 2 aromatic rings. The van der Waals surface area contributed by atoms with E-state index < -0.39 is 6.04 Å². The van der Waals surface area contributed by atoms with E-state index in [-0.39, 0.29) is 30.3 Å². The van der Waals surface area contributed by atoms with Crippen LogP contribution in [0.3, 0.4) is 0 Å². The fourth-order valence-electron chi connectivity index (χ4n) is 4.42. The fourth-order valence-corrected chi connectivity index (χ4v) is 4.42. The lowest BCUT2D eigenvalue weighted by molar-refractivity contribution is -0.152. The molecule has 7 heteroatoms. The van der Waals surface area contributed by atoms with E-state index in [0.717, 1.165) is 29.7 Å². The van der Waals surface area contributed by atoms with Gasteiger partial charge in [-0.25, -0.2) is 9.40 Å². The van der Waals surface area contributed by atoms with E-state index in [9.17, 15) is 14.0 Å². The predicted octanol–water partition coefficient (Wildman–Crippen LogP) is 3.92. The van der Waals surface area contributed by atoms with E-state index in [1.165, 1.54) is 17.1 Å². The SMILES string of the molecule is CCOC(=O)[C@H]1CCCCN1CC(=O)N1N=C(c2ccccc2)C[C@H]1c1ccc(F)cc1. The largest absolute Gasteiger partial charge is 0.465 e. The Morgan fingerprint density at radius 3 is 2.56 bits per heavy atom. The number of hydrogen-bond acceptors (Lipinski definition) is 5. The van der Waals surface area contributed by atoms with Gasteiger partial charge in [-0.05, 0) is 49.6 Å². The molecule has 0 saturated carbocycles. The van der Waals surface area contributed by atoms with Crippen molar-refractivity contribution in [3.63, 3.8) is 0 Å². The molecule has 0 aromatic heterocycles. The number of amides is 1. The molecule has 2 aliphatic heterocycles. The molecule has 0 bridgehead atoms. The third-order valence-electron chi connectivity index (χ3n) is 6.04. The summed E-state index contributed by atoms with van der Waals surface area (Å²) in [6, 6.07) is 15.2. The molecule has 2 atom stereocenters. The molecule has 6 nitrogen and oxygen atoms in total. The Labute approximate surface area is 187 Å². The van der Waals surface area contributed by atoms with Crippen molar-refractivity contribution in [1.29, 1.82) is 0 Å². The minimum atomic E-state index is -0.405. The second kappa shape index (κ2) is 10.0. The summed E-state index contributed by atoms with van der Waals surface area (Å²) in [6.45, 7) is 2.86. The number of halogens is 1. The van der Waals surface area contributed by atoms with Gasteiger partial charge in [0.2, 0.25) is 0 Å². The molecule has 0 aliphatic carbocycles. The standard InChI is InChI=1S/C25H28FN3O3/c1-2-32-25(31)22-10-6-7-15-28(22)17-24(30)29-23(19-11-13-20(26)14-12-19)16-21(27-29)18-8-4-3-5-9-18/h3-5,8-9,11-14,22-23H,2,6-7,10,15-17H2,1H3/t22-,23+/m1/s1. The summed E-state index contributed by atoms with van der Waals surface area (Å²) in [7, 11) is 0. The number of hydrazone groups is 1. The van der Waals surface area contributed by atoms with Crippen LogP contribution in [0.25, 0.3) is 0 Å². The van der Waals surface area contributed by atoms with Crippen molar-refractivity contribution in [3.05, 3.63) is 71.5 Å². The van der Waals surface area contributed by atoms with Gasteiger partial charge in [0.25, 0.3) is 5.91 Å². The van der Waals surface area contributed by atoms with Crippen molar-refractivity contribution in [2.75, 3.05) is 19.7 Å². The Bertz CT molecular complexity index is 978. The van der Waals surface area contributed by atoms with Crippen LogP contribution in [0.2, 0.25) is 0 Å². The molecule has 2 heterocycles. The number of likely N-dealkylation sites (tertiary alicyclic amines) is 1. The van der Waals surface area contributed by atoms with Gasteiger partial charge in [-0.3, -0.25) is 14.5 Å². The Kier molecular flexibility index (Phi) is 6.95. The van der Waals surface area contributed by atoms with Crippen LogP contribution < -0.4 is 0 Å². The summed E-state index contributed by atoms with van der Waals surface area (Å²) in [4.78, 5) is 27.7. The maximum atomic E-state index is 13.5. The van der Waals surface area contributed by atoms with Crippen molar-refractivity contribution in [2.24, 2.45) is 5.10 Å². The van der Waals surface area contributed by atoms with E-state index in [4.69, 9.17) is 4.74 Å². The average Bonchev–Trinajstić information content (AvgIpc) is 3.26. The monoisotopic (exact) mass is 437 g/mol. The summed E-state index contributed by atoms with van der Waals surface area (Å²) in [5.74, 6) is -0.772. The van der Waals surface area contributed by atoms with Gasteiger partial charge in [-0.1, -0.05) is 48.9 Å². The molecule has 32 heavy (non-hydrogen) atoms. The van der Waals surface area contributed by atoms with Crippen molar-refractivity contribution in [2.45, 2.75) is 44.7 Å². The summed E-state index contributed by atoms with van der Waals surface area (Å²) in [5, 5.41) is 6.18. The molecule has 0 unspecified atom stereocenters. The fraction of sp³-hybridized carbons (Fsp3) is 0.400. The first kappa shape index (κ1) is 22.1. The number of hydrogen-bond donors (Lipinski definition) is 0. The highest BCUT2D eigenvalue weighted by Gasteiger charge is 2.37. The molecule has 4 rings (SSSR count). The van der Waals surface area contributed by atoms with Crippen LogP contribution in [-0.4, -0.2) is 53.2 Å². The van der Waals surface area contributed by atoms with Crippen molar-refractivity contribution >= 4 is 17.6 Å². The lowest BCUT2D eigenvalue weighted by Crippen LogP contribution is -2.49. The van der Waals surface area contributed by atoms with E-state index in [1.807, 2.05) is 35.2 Å². The number of carbonyl (C=O) groups is 2. The van der Waals surface area contributed by atoms with Crippen LogP contribution in [-0.2, 0) is 14.3 Å². The van der Waals surface area contributed by atoms with E-state index in [1.54, 1.807) is 19.1 Å². The third-order valence-corrected chi connectivity index (χ3v) is 6.04. The van der Waals surface area contributed by atoms with Crippen LogP contribution in [0.15, 0.2) is 59.7 Å². The minimum absolute atomic E-state index is 0.0900.